The van der Waals surface area contributed by atoms with Gasteiger partial charge < -0.3 is 14.8 Å². The van der Waals surface area contributed by atoms with Crippen LogP contribution < -0.4 is 10.1 Å². The lowest BCUT2D eigenvalue weighted by Gasteiger charge is -2.18. The second-order valence-corrected chi connectivity index (χ2v) is 4.00. The highest BCUT2D eigenvalue weighted by Crippen LogP contribution is 2.17. The standard InChI is InChI=1S/C13H21NO2/c1-10-5-6-12(7-11(10)2)16-13(8-14-3)9-15-4/h5-7,13-14H,8-9H2,1-4H3. The van der Waals surface area contributed by atoms with Gasteiger partial charge in [0.25, 0.3) is 0 Å². The van der Waals surface area contributed by atoms with Crippen LogP contribution in [0.1, 0.15) is 11.1 Å². The maximum atomic E-state index is 5.84. The number of aryl methyl sites for hydroxylation is 2. The van der Waals surface area contributed by atoms with Crippen LogP contribution in [0.3, 0.4) is 0 Å². The molecular formula is C13H21NO2. The maximum absolute atomic E-state index is 5.84. The Bertz CT molecular complexity index is 320. The zero-order valence-electron chi connectivity index (χ0n) is 10.5. The van der Waals surface area contributed by atoms with Gasteiger partial charge in [0.1, 0.15) is 11.9 Å². The number of nitrogens with one attached hydrogen (secondary N) is 1. The van der Waals surface area contributed by atoms with Crippen LogP contribution in [0.25, 0.3) is 0 Å². The molecule has 0 spiro atoms. The second kappa shape index (κ2) is 6.51. The molecule has 0 aliphatic rings. The van der Waals surface area contributed by atoms with Crippen LogP contribution in [0.2, 0.25) is 0 Å². The molecule has 1 aromatic rings. The van der Waals surface area contributed by atoms with Crippen molar-refractivity contribution >= 4 is 0 Å². The predicted octanol–water partition coefficient (Wildman–Crippen LogP) is 1.92. The molecule has 0 aliphatic carbocycles. The minimum Gasteiger partial charge on any atom is -0.487 e. The van der Waals surface area contributed by atoms with E-state index in [1.807, 2.05) is 13.1 Å². The number of rotatable bonds is 6. The van der Waals surface area contributed by atoms with Crippen molar-refractivity contribution in [1.29, 1.82) is 0 Å². The summed E-state index contributed by atoms with van der Waals surface area (Å²) in [5, 5.41) is 3.09. The van der Waals surface area contributed by atoms with E-state index in [1.165, 1.54) is 11.1 Å². The van der Waals surface area contributed by atoms with Crippen LogP contribution >= 0.6 is 0 Å². The molecule has 16 heavy (non-hydrogen) atoms. The van der Waals surface area contributed by atoms with Crippen molar-refractivity contribution in [3.63, 3.8) is 0 Å². The Hall–Kier alpha value is -1.06. The van der Waals surface area contributed by atoms with E-state index in [1.54, 1.807) is 7.11 Å². The van der Waals surface area contributed by atoms with Gasteiger partial charge in [-0.1, -0.05) is 6.07 Å². The van der Waals surface area contributed by atoms with Gasteiger partial charge in [0.15, 0.2) is 0 Å². The number of benzene rings is 1. The summed E-state index contributed by atoms with van der Waals surface area (Å²) < 4.78 is 11.0. The Morgan fingerprint density at radius 2 is 2.00 bits per heavy atom. The lowest BCUT2D eigenvalue weighted by atomic mass is 10.1. The second-order valence-electron chi connectivity index (χ2n) is 4.00. The molecule has 3 heteroatoms. The van der Waals surface area contributed by atoms with E-state index in [0.717, 1.165) is 12.3 Å². The Balaban J connectivity index is 2.65. The van der Waals surface area contributed by atoms with Crippen LogP contribution in [0.5, 0.6) is 5.75 Å². The summed E-state index contributed by atoms with van der Waals surface area (Å²) in [7, 11) is 3.60. The summed E-state index contributed by atoms with van der Waals surface area (Å²) in [6.07, 6.45) is 0.0529. The van der Waals surface area contributed by atoms with Gasteiger partial charge in [-0.15, -0.1) is 0 Å². The molecule has 0 saturated carbocycles. The monoisotopic (exact) mass is 223 g/mol. The number of ether oxygens (including phenoxy) is 2. The summed E-state index contributed by atoms with van der Waals surface area (Å²) in [6, 6.07) is 6.14. The molecule has 0 saturated heterocycles. The Morgan fingerprint density at radius 1 is 1.25 bits per heavy atom. The molecule has 0 heterocycles. The van der Waals surface area contributed by atoms with Crippen molar-refractivity contribution in [3.8, 4) is 5.75 Å². The van der Waals surface area contributed by atoms with Gasteiger partial charge in [0.05, 0.1) is 6.61 Å². The van der Waals surface area contributed by atoms with Gasteiger partial charge in [0, 0.05) is 13.7 Å². The van der Waals surface area contributed by atoms with Gasteiger partial charge in [0.2, 0.25) is 0 Å². The fourth-order valence-electron chi connectivity index (χ4n) is 1.53. The molecule has 0 radical (unpaired) electrons. The molecule has 1 rings (SSSR count). The van der Waals surface area contributed by atoms with Crippen molar-refractivity contribution in [1.82, 2.24) is 5.32 Å². The zero-order valence-corrected chi connectivity index (χ0v) is 10.5. The molecule has 0 aliphatic heterocycles. The summed E-state index contributed by atoms with van der Waals surface area (Å²) in [5.74, 6) is 0.903. The number of hydrogen-bond acceptors (Lipinski definition) is 3. The van der Waals surface area contributed by atoms with Crippen molar-refractivity contribution < 1.29 is 9.47 Å². The predicted molar refractivity (Wildman–Crippen MR) is 66.1 cm³/mol. The zero-order chi connectivity index (χ0) is 12.0. The summed E-state index contributed by atoms with van der Waals surface area (Å²) in [5.41, 5.74) is 2.53. The van der Waals surface area contributed by atoms with Gasteiger partial charge in [-0.3, -0.25) is 0 Å². The Morgan fingerprint density at radius 3 is 2.56 bits per heavy atom. The average Bonchev–Trinajstić information content (AvgIpc) is 2.24. The molecule has 1 N–H and O–H groups in total. The molecule has 0 fully saturated rings. The first-order valence-corrected chi connectivity index (χ1v) is 5.54. The third-order valence-corrected chi connectivity index (χ3v) is 2.57. The fourth-order valence-corrected chi connectivity index (χ4v) is 1.53. The van der Waals surface area contributed by atoms with Gasteiger partial charge in [-0.05, 0) is 44.2 Å². The maximum Gasteiger partial charge on any atom is 0.134 e. The topological polar surface area (TPSA) is 30.5 Å². The number of methoxy groups -OCH3 is 1. The van der Waals surface area contributed by atoms with E-state index < -0.39 is 0 Å². The SMILES string of the molecule is CNCC(COC)Oc1ccc(C)c(C)c1. The molecule has 0 amide bonds. The summed E-state index contributed by atoms with van der Waals surface area (Å²) in [4.78, 5) is 0. The average molecular weight is 223 g/mol. The third kappa shape index (κ3) is 3.83. The largest absolute Gasteiger partial charge is 0.487 e. The molecule has 0 aromatic heterocycles. The number of likely N-dealkylation sites (N-methyl/N-ethyl adjacent to an activating group) is 1. The Kier molecular flexibility index (Phi) is 5.29. The molecule has 1 atom stereocenters. The van der Waals surface area contributed by atoms with Crippen LogP contribution in [0, 0.1) is 13.8 Å². The van der Waals surface area contributed by atoms with E-state index in [2.05, 4.69) is 31.3 Å². The van der Waals surface area contributed by atoms with Gasteiger partial charge in [-0.25, -0.2) is 0 Å². The van der Waals surface area contributed by atoms with Gasteiger partial charge >= 0.3 is 0 Å². The molecule has 3 nitrogen and oxygen atoms in total. The van der Waals surface area contributed by atoms with E-state index in [4.69, 9.17) is 9.47 Å². The first-order valence-electron chi connectivity index (χ1n) is 5.54. The molecule has 1 aromatic carbocycles. The normalized spacial score (nSPS) is 12.5. The van der Waals surface area contributed by atoms with Gasteiger partial charge in [-0.2, -0.15) is 0 Å². The Labute approximate surface area is 97.8 Å². The van der Waals surface area contributed by atoms with E-state index in [0.29, 0.717) is 6.61 Å². The van der Waals surface area contributed by atoms with Crippen molar-refractivity contribution in [3.05, 3.63) is 29.3 Å². The van der Waals surface area contributed by atoms with Crippen LogP contribution in [-0.2, 0) is 4.74 Å². The van der Waals surface area contributed by atoms with Crippen LogP contribution in [0.15, 0.2) is 18.2 Å². The lowest BCUT2D eigenvalue weighted by molar-refractivity contribution is 0.0818. The lowest BCUT2D eigenvalue weighted by Crippen LogP contribution is -2.33. The summed E-state index contributed by atoms with van der Waals surface area (Å²) >= 11 is 0. The van der Waals surface area contributed by atoms with E-state index >= 15 is 0 Å². The van der Waals surface area contributed by atoms with Crippen LogP contribution in [0.4, 0.5) is 0 Å². The van der Waals surface area contributed by atoms with E-state index in [-0.39, 0.29) is 6.10 Å². The highest BCUT2D eigenvalue weighted by molar-refractivity contribution is 5.33. The molecule has 1 unspecified atom stereocenters. The minimum absolute atomic E-state index is 0.0529. The summed E-state index contributed by atoms with van der Waals surface area (Å²) in [6.45, 7) is 5.56. The third-order valence-electron chi connectivity index (χ3n) is 2.57. The van der Waals surface area contributed by atoms with Crippen molar-refractivity contribution in [2.24, 2.45) is 0 Å². The molecular weight excluding hydrogens is 202 g/mol. The van der Waals surface area contributed by atoms with Crippen LogP contribution in [-0.4, -0.2) is 33.4 Å². The number of hydrogen-bond donors (Lipinski definition) is 1. The highest BCUT2D eigenvalue weighted by atomic mass is 16.5. The van der Waals surface area contributed by atoms with Crippen molar-refractivity contribution in [2.45, 2.75) is 20.0 Å². The molecule has 0 bridgehead atoms. The highest BCUT2D eigenvalue weighted by Gasteiger charge is 2.09. The first kappa shape index (κ1) is 13.0. The van der Waals surface area contributed by atoms with Crippen molar-refractivity contribution in [2.75, 3.05) is 27.3 Å². The fraction of sp³-hybridized carbons (Fsp3) is 0.538. The smallest absolute Gasteiger partial charge is 0.134 e. The quantitative estimate of drug-likeness (QED) is 0.799. The molecule has 90 valence electrons. The minimum atomic E-state index is 0.0529. The van der Waals surface area contributed by atoms with E-state index in [9.17, 15) is 0 Å². The first-order chi connectivity index (χ1) is 7.67.